The quantitative estimate of drug-likeness (QED) is 0.751. The molecule has 1 aromatic rings. The van der Waals surface area contributed by atoms with Gasteiger partial charge in [0.1, 0.15) is 5.92 Å². The van der Waals surface area contributed by atoms with Crippen molar-refractivity contribution < 1.29 is 14.3 Å². The van der Waals surface area contributed by atoms with Gasteiger partial charge in [-0.3, -0.25) is 9.59 Å². The smallest absolute Gasteiger partial charge is 0.239 e. The van der Waals surface area contributed by atoms with Crippen molar-refractivity contribution in [1.29, 1.82) is 0 Å². The van der Waals surface area contributed by atoms with Crippen LogP contribution in [0.3, 0.4) is 0 Å². The molecule has 118 valence electrons. The fraction of sp³-hybridized carbons (Fsp3) is 0.500. The van der Waals surface area contributed by atoms with Crippen LogP contribution in [-0.4, -0.2) is 49.6 Å². The molecule has 0 unspecified atom stereocenters. The molecule has 1 aromatic carbocycles. The Morgan fingerprint density at radius 2 is 2.00 bits per heavy atom. The van der Waals surface area contributed by atoms with E-state index in [1.807, 2.05) is 25.1 Å². The van der Waals surface area contributed by atoms with Gasteiger partial charge in [0.05, 0.1) is 13.2 Å². The maximum Gasteiger partial charge on any atom is 0.239 e. The molecule has 2 fully saturated rings. The molecule has 0 bridgehead atoms. The number of aryl methyl sites for hydroxylation is 1. The Bertz CT molecular complexity index is 599. The lowest BCUT2D eigenvalue weighted by Crippen LogP contribution is -2.45. The number of hydrogen-bond donors (Lipinski definition) is 0. The Morgan fingerprint density at radius 3 is 2.68 bits per heavy atom. The first kappa shape index (κ1) is 15.5. The second-order valence-electron chi connectivity index (χ2n) is 5.70. The second kappa shape index (κ2) is 6.38. The monoisotopic (exact) mass is 366 g/mol. The zero-order valence-electron chi connectivity index (χ0n) is 12.5. The van der Waals surface area contributed by atoms with Gasteiger partial charge in [0.15, 0.2) is 0 Å². The van der Waals surface area contributed by atoms with Gasteiger partial charge in [0.25, 0.3) is 0 Å². The van der Waals surface area contributed by atoms with Crippen molar-refractivity contribution in [2.45, 2.75) is 13.3 Å². The summed E-state index contributed by atoms with van der Waals surface area (Å²) >= 11 is 3.43. The predicted molar refractivity (Wildman–Crippen MR) is 86.7 cm³/mol. The molecule has 2 saturated heterocycles. The van der Waals surface area contributed by atoms with Crippen molar-refractivity contribution in [3.63, 3.8) is 0 Å². The molecule has 0 aromatic heterocycles. The van der Waals surface area contributed by atoms with Crippen molar-refractivity contribution in [2.75, 3.05) is 37.7 Å². The number of amides is 2. The van der Waals surface area contributed by atoms with E-state index >= 15 is 0 Å². The van der Waals surface area contributed by atoms with Gasteiger partial charge in [-0.2, -0.15) is 0 Å². The Kier molecular flexibility index (Phi) is 4.49. The number of hydrogen-bond acceptors (Lipinski definition) is 3. The van der Waals surface area contributed by atoms with Gasteiger partial charge in [-0.25, -0.2) is 0 Å². The molecule has 0 saturated carbocycles. The van der Waals surface area contributed by atoms with Gasteiger partial charge >= 0.3 is 0 Å². The standard InChI is InChI=1S/C16H19BrN2O3/c1-11-10-12(17)2-3-14(11)19-5-4-13(16(19)21)15(20)18-6-8-22-9-7-18/h2-3,10,13H,4-9H2,1H3/t13-/m0/s1. The van der Waals surface area contributed by atoms with Crippen LogP contribution in [0.15, 0.2) is 22.7 Å². The van der Waals surface area contributed by atoms with Crippen LogP contribution >= 0.6 is 15.9 Å². The Balaban J connectivity index is 1.75. The molecule has 5 nitrogen and oxygen atoms in total. The molecular formula is C16H19BrN2O3. The Labute approximate surface area is 138 Å². The molecule has 2 aliphatic rings. The molecule has 2 heterocycles. The average molecular weight is 367 g/mol. The highest BCUT2D eigenvalue weighted by molar-refractivity contribution is 9.10. The van der Waals surface area contributed by atoms with Crippen LogP contribution in [0.5, 0.6) is 0 Å². The number of carbonyl (C=O) groups excluding carboxylic acids is 2. The summed E-state index contributed by atoms with van der Waals surface area (Å²) in [5.41, 5.74) is 1.92. The number of carbonyl (C=O) groups is 2. The minimum atomic E-state index is -0.541. The number of rotatable bonds is 2. The third-order valence-electron chi connectivity index (χ3n) is 4.28. The zero-order valence-corrected chi connectivity index (χ0v) is 14.1. The highest BCUT2D eigenvalue weighted by Crippen LogP contribution is 2.30. The van der Waals surface area contributed by atoms with E-state index in [1.54, 1.807) is 9.80 Å². The van der Waals surface area contributed by atoms with Crippen LogP contribution in [0.4, 0.5) is 5.69 Å². The normalized spacial score (nSPS) is 22.3. The summed E-state index contributed by atoms with van der Waals surface area (Å²) in [6, 6.07) is 5.84. The molecule has 0 spiro atoms. The fourth-order valence-electron chi connectivity index (χ4n) is 3.07. The van der Waals surface area contributed by atoms with E-state index in [-0.39, 0.29) is 11.8 Å². The summed E-state index contributed by atoms with van der Waals surface area (Å²) < 4.78 is 6.25. The lowest BCUT2D eigenvalue weighted by atomic mass is 10.1. The van der Waals surface area contributed by atoms with Gasteiger partial charge in [-0.15, -0.1) is 0 Å². The molecule has 2 aliphatic heterocycles. The molecule has 1 atom stereocenters. The second-order valence-corrected chi connectivity index (χ2v) is 6.62. The highest BCUT2D eigenvalue weighted by atomic mass is 79.9. The molecule has 0 aliphatic carbocycles. The van der Waals surface area contributed by atoms with Gasteiger partial charge in [-0.05, 0) is 37.1 Å². The summed E-state index contributed by atoms with van der Waals surface area (Å²) in [5.74, 6) is -0.673. The minimum Gasteiger partial charge on any atom is -0.378 e. The fourth-order valence-corrected chi connectivity index (χ4v) is 3.55. The maximum absolute atomic E-state index is 12.7. The number of morpholine rings is 1. The van der Waals surface area contributed by atoms with E-state index in [4.69, 9.17) is 4.74 Å². The Morgan fingerprint density at radius 1 is 1.27 bits per heavy atom. The van der Waals surface area contributed by atoms with Crippen LogP contribution in [0.2, 0.25) is 0 Å². The Hall–Kier alpha value is -1.40. The van der Waals surface area contributed by atoms with Gasteiger partial charge in [0, 0.05) is 29.8 Å². The molecule has 22 heavy (non-hydrogen) atoms. The molecule has 2 amide bonds. The van der Waals surface area contributed by atoms with Crippen molar-refractivity contribution in [3.8, 4) is 0 Å². The summed E-state index contributed by atoms with van der Waals surface area (Å²) in [7, 11) is 0. The lowest BCUT2D eigenvalue weighted by molar-refractivity contribution is -0.143. The third kappa shape index (κ3) is 2.90. The van der Waals surface area contributed by atoms with Crippen LogP contribution in [0.25, 0.3) is 0 Å². The van der Waals surface area contributed by atoms with Crippen molar-refractivity contribution in [2.24, 2.45) is 5.92 Å². The van der Waals surface area contributed by atoms with E-state index in [2.05, 4.69) is 15.9 Å². The first-order chi connectivity index (χ1) is 10.6. The maximum atomic E-state index is 12.7. The van der Waals surface area contributed by atoms with Gasteiger partial charge < -0.3 is 14.5 Å². The SMILES string of the molecule is Cc1cc(Br)ccc1N1CC[C@@H](C(=O)N2CCOCC2)C1=O. The van der Waals surface area contributed by atoms with Crippen LogP contribution in [0.1, 0.15) is 12.0 Å². The number of ether oxygens (including phenoxy) is 1. The number of anilines is 1. The van der Waals surface area contributed by atoms with E-state index in [0.29, 0.717) is 39.3 Å². The number of nitrogens with zero attached hydrogens (tertiary/aromatic N) is 2. The molecule has 6 heteroatoms. The topological polar surface area (TPSA) is 49.9 Å². The van der Waals surface area contributed by atoms with Gasteiger partial charge in [-0.1, -0.05) is 15.9 Å². The highest BCUT2D eigenvalue weighted by Gasteiger charge is 2.40. The first-order valence-electron chi connectivity index (χ1n) is 7.52. The average Bonchev–Trinajstić information content (AvgIpc) is 2.89. The molecule has 0 radical (unpaired) electrons. The van der Waals surface area contributed by atoms with E-state index in [0.717, 1.165) is 15.7 Å². The minimum absolute atomic E-state index is 0.0504. The van der Waals surface area contributed by atoms with Crippen LogP contribution < -0.4 is 4.90 Å². The molecule has 3 rings (SSSR count). The van der Waals surface area contributed by atoms with Crippen molar-refractivity contribution in [3.05, 3.63) is 28.2 Å². The zero-order chi connectivity index (χ0) is 15.7. The van der Waals surface area contributed by atoms with Gasteiger partial charge in [0.2, 0.25) is 11.8 Å². The summed E-state index contributed by atoms with van der Waals surface area (Å²) in [6.45, 7) is 4.86. The summed E-state index contributed by atoms with van der Waals surface area (Å²) in [4.78, 5) is 28.7. The lowest BCUT2D eigenvalue weighted by Gasteiger charge is -2.28. The molecule has 0 N–H and O–H groups in total. The third-order valence-corrected chi connectivity index (χ3v) is 4.77. The van der Waals surface area contributed by atoms with Crippen LogP contribution in [-0.2, 0) is 14.3 Å². The van der Waals surface area contributed by atoms with E-state index in [1.165, 1.54) is 0 Å². The first-order valence-corrected chi connectivity index (χ1v) is 8.31. The van der Waals surface area contributed by atoms with Crippen molar-refractivity contribution in [1.82, 2.24) is 4.90 Å². The molecular weight excluding hydrogens is 348 g/mol. The van der Waals surface area contributed by atoms with E-state index < -0.39 is 5.92 Å². The number of benzene rings is 1. The van der Waals surface area contributed by atoms with Crippen molar-refractivity contribution >= 4 is 33.4 Å². The predicted octanol–water partition coefficient (Wildman–Crippen LogP) is 1.97. The number of halogens is 1. The van der Waals surface area contributed by atoms with Crippen LogP contribution in [0, 0.1) is 12.8 Å². The largest absolute Gasteiger partial charge is 0.378 e. The summed E-state index contributed by atoms with van der Waals surface area (Å²) in [6.07, 6.45) is 0.588. The van der Waals surface area contributed by atoms with E-state index in [9.17, 15) is 9.59 Å². The summed E-state index contributed by atoms with van der Waals surface area (Å²) in [5, 5.41) is 0.